The molecule has 0 atom stereocenters. The van der Waals surface area contributed by atoms with Crippen LogP contribution in [0.25, 0.3) is 198 Å². The summed E-state index contributed by atoms with van der Waals surface area (Å²) in [4.78, 5) is 19.0. The van der Waals surface area contributed by atoms with Gasteiger partial charge >= 0.3 is 0 Å². The minimum absolute atomic E-state index is 0. The Balaban J connectivity index is 0.000000117. The maximum absolute atomic E-state index is 4.78. The van der Waals surface area contributed by atoms with Crippen molar-refractivity contribution >= 4 is 97.0 Å². The Morgan fingerprint density at radius 3 is 1.03 bits per heavy atom. The standard InChI is InChI=1S/C36H28N.C34H24N.C28H20N.C24H16N.4Ir/c1-3-36(4-2)33-12-8-7-11-30(33)31-19-18-27(23-34(31)36)24-13-15-26(16-14-24)35-32-20-17-25-9-5-6-10-28(25)29(32)21-22-37-35;1-34(2)31-10-6-5-9-28(31)29-17-16-25(21-32(29)34)22-11-13-24(14-12-22)33-30-18-15-23-7-3-4-8-26(23)27(30)19-20-35-33;1-28(2)25-10-6-5-9-22(25)23-13-12-19(17-26(23)28)27-24-14-11-18-7-3-4-8-20(18)21(24)15-16-29-27;1-16-14-18-7-2-3-8-19(18)15-23(16)24-22-11-10-17-6-4-5-9-20(17)21(22)12-13-25-24;;;;/h5-15,17-23H,3-4H2,1-2H3;3-13,15-21H,1-2H3;3-11,13-17H,1-2H3;2-14H,1H3;;;;/q4*-1;;;;. The van der Waals surface area contributed by atoms with Crippen LogP contribution in [0, 0.1) is 31.2 Å². The van der Waals surface area contributed by atoms with Gasteiger partial charge in [0.15, 0.2) is 0 Å². The van der Waals surface area contributed by atoms with E-state index in [1.54, 1.807) is 0 Å². The zero-order valence-corrected chi connectivity index (χ0v) is 82.5. The Bertz CT molecular complexity index is 8150. The molecule has 0 spiro atoms. The summed E-state index contributed by atoms with van der Waals surface area (Å²) in [5.74, 6) is 0. The first-order chi connectivity index (χ1) is 61.8. The summed E-state index contributed by atoms with van der Waals surface area (Å²) in [6.45, 7) is 16.1. The van der Waals surface area contributed by atoms with E-state index in [-0.39, 0.29) is 96.7 Å². The van der Waals surface area contributed by atoms with E-state index in [1.807, 2.05) is 24.8 Å². The van der Waals surface area contributed by atoms with E-state index in [4.69, 9.17) is 19.9 Å². The van der Waals surface area contributed by atoms with Crippen molar-refractivity contribution in [2.24, 2.45) is 0 Å². The van der Waals surface area contributed by atoms with Gasteiger partial charge in [0.2, 0.25) is 0 Å². The van der Waals surface area contributed by atoms with Crippen molar-refractivity contribution in [2.45, 2.75) is 77.6 Å². The van der Waals surface area contributed by atoms with Gasteiger partial charge in [-0.25, -0.2) is 0 Å². The molecule has 22 aromatic rings. The number of benzene rings is 18. The molecule has 18 aromatic carbocycles. The van der Waals surface area contributed by atoms with Crippen molar-refractivity contribution in [2.75, 3.05) is 0 Å². The van der Waals surface area contributed by atoms with E-state index >= 15 is 0 Å². The van der Waals surface area contributed by atoms with Crippen LogP contribution in [0.15, 0.2) is 383 Å². The molecule has 4 radical (unpaired) electrons. The third-order valence-electron chi connectivity index (χ3n) is 27.5. The third-order valence-corrected chi connectivity index (χ3v) is 27.5. The Hall–Kier alpha value is -12.5. The molecule has 0 fully saturated rings. The van der Waals surface area contributed by atoms with Gasteiger partial charge in [-0.05, 0) is 196 Å². The molecule has 4 nitrogen and oxygen atoms in total. The smallest absolute Gasteiger partial charge is 0.0209 e. The number of pyridine rings is 4. The number of aromatic nitrogens is 4. The summed E-state index contributed by atoms with van der Waals surface area (Å²) in [5.41, 5.74) is 30.8. The molecule has 130 heavy (non-hydrogen) atoms. The zero-order chi connectivity index (χ0) is 84.9. The van der Waals surface area contributed by atoms with Gasteiger partial charge in [0, 0.05) is 122 Å². The summed E-state index contributed by atoms with van der Waals surface area (Å²) in [6.07, 6.45) is 9.86. The maximum atomic E-state index is 4.78. The fourth-order valence-corrected chi connectivity index (χ4v) is 20.9. The molecule has 0 amide bonds. The van der Waals surface area contributed by atoms with Gasteiger partial charge in [0.05, 0.1) is 0 Å². The summed E-state index contributed by atoms with van der Waals surface area (Å²) >= 11 is 0. The molecule has 8 heteroatoms. The SMILES string of the molecule is CC1(C)c2ccccc2-c2c[c-]c(-c3nccc4c3ccc3ccccc34)cc21.CC1(C)c2ccccc2-c2ccc(-c3c[c-]c(-c4nccc5c4ccc4ccccc45)cc3)cc21.CCC1(CC)c2ccccc2-c2ccc(-c3c[c-]c(-c4nccc5c4ccc4ccccc45)cc3)cc21.Cc1cc2ccccc2[c-]c1-c1nccc2c1ccc1ccccc12.[Ir].[Ir].[Ir].[Ir]. The van der Waals surface area contributed by atoms with Gasteiger partial charge in [-0.3, -0.25) is 4.98 Å². The summed E-state index contributed by atoms with van der Waals surface area (Å²) in [6, 6.07) is 143. The van der Waals surface area contributed by atoms with E-state index in [0.29, 0.717) is 0 Å². The topological polar surface area (TPSA) is 51.6 Å². The molecule has 0 unspecified atom stereocenters. The van der Waals surface area contributed by atoms with Crippen LogP contribution in [0.5, 0.6) is 0 Å². The first-order valence-corrected chi connectivity index (χ1v) is 44.0. The van der Waals surface area contributed by atoms with Gasteiger partial charge in [-0.2, -0.15) is 0 Å². The third kappa shape index (κ3) is 15.1. The summed E-state index contributed by atoms with van der Waals surface area (Å²) in [5, 5.41) is 22.0. The van der Waals surface area contributed by atoms with Crippen molar-refractivity contribution in [3.05, 3.63) is 446 Å². The van der Waals surface area contributed by atoms with Crippen LogP contribution in [-0.4, -0.2) is 19.9 Å². The van der Waals surface area contributed by atoms with Crippen LogP contribution in [0.3, 0.4) is 0 Å². The number of hydrogen-bond donors (Lipinski definition) is 0. The van der Waals surface area contributed by atoms with Crippen molar-refractivity contribution < 1.29 is 80.4 Å². The Kier molecular flexibility index (Phi) is 24.5. The molecular formula is C122H88Ir4N4-4. The predicted molar refractivity (Wildman–Crippen MR) is 529 cm³/mol. The summed E-state index contributed by atoms with van der Waals surface area (Å²) < 4.78 is 0. The zero-order valence-electron chi connectivity index (χ0n) is 72.9. The van der Waals surface area contributed by atoms with Crippen molar-refractivity contribution in [3.8, 4) is 101 Å². The molecule has 0 bridgehead atoms. The van der Waals surface area contributed by atoms with E-state index in [0.717, 1.165) is 74.0 Å². The quantitative estimate of drug-likeness (QED) is 0.112. The normalized spacial score (nSPS) is 12.9. The molecule has 0 saturated heterocycles. The molecule has 4 heterocycles. The van der Waals surface area contributed by atoms with Crippen molar-refractivity contribution in [3.63, 3.8) is 0 Å². The largest absolute Gasteiger partial charge is 0.304 e. The van der Waals surface area contributed by atoms with Crippen molar-refractivity contribution in [1.29, 1.82) is 0 Å². The van der Waals surface area contributed by atoms with Gasteiger partial charge in [-0.15, -0.1) is 118 Å². The number of nitrogens with zero attached hydrogens (tertiary/aromatic N) is 4. The van der Waals surface area contributed by atoms with Crippen LogP contribution in [0.1, 0.15) is 93.3 Å². The summed E-state index contributed by atoms with van der Waals surface area (Å²) in [7, 11) is 0. The van der Waals surface area contributed by atoms with Crippen LogP contribution in [-0.2, 0) is 96.7 Å². The van der Waals surface area contributed by atoms with Gasteiger partial charge in [-0.1, -0.05) is 366 Å². The van der Waals surface area contributed by atoms with Crippen LogP contribution in [0.2, 0.25) is 0 Å². The number of aryl methyl sites for hydroxylation is 1. The Morgan fingerprint density at radius 2 is 0.585 bits per heavy atom. The molecular weight excluding hydrogens is 2290 g/mol. The molecule has 4 aromatic heterocycles. The van der Waals surface area contributed by atoms with Crippen LogP contribution >= 0.6 is 0 Å². The van der Waals surface area contributed by atoms with Crippen molar-refractivity contribution in [1.82, 2.24) is 19.9 Å². The fourth-order valence-electron chi connectivity index (χ4n) is 20.9. The molecule has 0 aliphatic heterocycles. The van der Waals surface area contributed by atoms with Gasteiger partial charge < -0.3 is 15.0 Å². The van der Waals surface area contributed by atoms with Gasteiger partial charge in [0.25, 0.3) is 0 Å². The van der Waals surface area contributed by atoms with Crippen LogP contribution in [0.4, 0.5) is 0 Å². The van der Waals surface area contributed by atoms with Gasteiger partial charge in [0.1, 0.15) is 0 Å². The van der Waals surface area contributed by atoms with Crippen LogP contribution < -0.4 is 0 Å². The molecule has 0 N–H and O–H groups in total. The van der Waals surface area contributed by atoms with E-state index in [1.165, 1.54) is 175 Å². The number of hydrogen-bond acceptors (Lipinski definition) is 4. The molecule has 3 aliphatic rings. The molecule has 636 valence electrons. The molecule has 3 aliphatic carbocycles. The minimum atomic E-state index is -0.0208. The first kappa shape index (κ1) is 88.2. The first-order valence-electron chi connectivity index (χ1n) is 44.0. The second-order valence-corrected chi connectivity index (χ2v) is 34.9. The molecule has 25 rings (SSSR count). The van der Waals surface area contributed by atoms with E-state index in [9.17, 15) is 0 Å². The predicted octanol–water partition coefficient (Wildman–Crippen LogP) is 31.9. The Labute approximate surface area is 813 Å². The monoisotopic (exact) mass is 2380 g/mol. The maximum Gasteiger partial charge on any atom is 0.0209 e. The van der Waals surface area contributed by atoms with E-state index in [2.05, 4.69) is 431 Å². The average Bonchev–Trinajstić information content (AvgIpc) is 1.53. The Morgan fingerprint density at radius 1 is 0.246 bits per heavy atom. The fraction of sp³-hybridized carbons (Fsp3) is 0.0984. The minimum Gasteiger partial charge on any atom is -0.304 e. The second-order valence-electron chi connectivity index (χ2n) is 34.9. The number of fused-ring (bicyclic) bond motifs is 22. The average molecular weight is 2380 g/mol. The second kappa shape index (κ2) is 36.1. The van der Waals surface area contributed by atoms with E-state index < -0.39 is 0 Å². The number of rotatable bonds is 8. The molecule has 0 saturated carbocycles.